The molecule has 0 saturated heterocycles. The van der Waals surface area contributed by atoms with E-state index in [9.17, 15) is 0 Å². The molecular formula is C11H8BrClO2. The summed E-state index contributed by atoms with van der Waals surface area (Å²) in [5.41, 5.74) is 0.908. The Morgan fingerprint density at radius 2 is 2.20 bits per heavy atom. The smallest absolute Gasteiger partial charge is 0.138 e. The molecule has 0 N–H and O–H groups in total. The monoisotopic (exact) mass is 286 g/mol. The zero-order valence-electron chi connectivity index (χ0n) is 7.96. The fraction of sp³-hybridized carbons (Fsp3) is 0.0909. The second-order valence-electron chi connectivity index (χ2n) is 2.94. The van der Waals surface area contributed by atoms with Gasteiger partial charge in [-0.3, -0.25) is 0 Å². The Morgan fingerprint density at radius 3 is 2.80 bits per heavy atom. The summed E-state index contributed by atoms with van der Waals surface area (Å²) >= 11 is 9.48. The van der Waals surface area contributed by atoms with E-state index >= 15 is 0 Å². The van der Waals surface area contributed by atoms with Crippen molar-refractivity contribution < 1.29 is 9.15 Å². The Morgan fingerprint density at radius 1 is 1.40 bits per heavy atom. The Bertz CT molecular complexity index is 466. The van der Waals surface area contributed by atoms with Crippen LogP contribution in [0.5, 0.6) is 5.75 Å². The van der Waals surface area contributed by atoms with Gasteiger partial charge in [-0.05, 0) is 40.2 Å². The second kappa shape index (κ2) is 4.29. The van der Waals surface area contributed by atoms with Crippen molar-refractivity contribution in [3.05, 3.63) is 40.0 Å². The molecule has 0 unspecified atom stereocenters. The summed E-state index contributed by atoms with van der Waals surface area (Å²) in [6, 6.07) is 7.34. The molecule has 1 aromatic carbocycles. The number of furan rings is 1. The maximum absolute atomic E-state index is 6.03. The standard InChI is InChI=1S/C11H8BrClO2/c1-14-11-6-8(12)7(5-9(11)13)10-3-2-4-15-10/h2-6H,1H3. The maximum Gasteiger partial charge on any atom is 0.138 e. The number of ether oxygens (including phenoxy) is 1. The third-order valence-electron chi connectivity index (χ3n) is 2.03. The molecule has 2 rings (SSSR count). The second-order valence-corrected chi connectivity index (χ2v) is 4.21. The highest BCUT2D eigenvalue weighted by Gasteiger charge is 2.10. The van der Waals surface area contributed by atoms with E-state index in [4.69, 9.17) is 20.8 Å². The van der Waals surface area contributed by atoms with Gasteiger partial charge < -0.3 is 9.15 Å². The summed E-state index contributed by atoms with van der Waals surface area (Å²) in [6.45, 7) is 0. The van der Waals surface area contributed by atoms with Crippen LogP contribution in [0.1, 0.15) is 0 Å². The lowest BCUT2D eigenvalue weighted by Crippen LogP contribution is -1.86. The van der Waals surface area contributed by atoms with E-state index in [-0.39, 0.29) is 0 Å². The van der Waals surface area contributed by atoms with Crippen molar-refractivity contribution in [1.82, 2.24) is 0 Å². The van der Waals surface area contributed by atoms with Crippen molar-refractivity contribution >= 4 is 27.5 Å². The van der Waals surface area contributed by atoms with E-state index in [1.165, 1.54) is 0 Å². The van der Waals surface area contributed by atoms with E-state index in [0.29, 0.717) is 10.8 Å². The van der Waals surface area contributed by atoms with E-state index in [2.05, 4.69) is 15.9 Å². The van der Waals surface area contributed by atoms with Gasteiger partial charge in [0.2, 0.25) is 0 Å². The normalized spacial score (nSPS) is 10.3. The van der Waals surface area contributed by atoms with Gasteiger partial charge in [-0.25, -0.2) is 0 Å². The van der Waals surface area contributed by atoms with Gasteiger partial charge in [0.15, 0.2) is 0 Å². The highest BCUT2D eigenvalue weighted by Crippen LogP contribution is 2.36. The SMILES string of the molecule is COc1cc(Br)c(-c2ccco2)cc1Cl. The Kier molecular flexibility index (Phi) is 3.03. The topological polar surface area (TPSA) is 22.4 Å². The quantitative estimate of drug-likeness (QED) is 0.818. The largest absolute Gasteiger partial charge is 0.495 e. The van der Waals surface area contributed by atoms with Crippen molar-refractivity contribution in [3.63, 3.8) is 0 Å². The molecule has 0 radical (unpaired) electrons. The molecule has 1 aromatic heterocycles. The number of benzene rings is 1. The minimum atomic E-state index is 0.562. The van der Waals surface area contributed by atoms with Gasteiger partial charge in [0.1, 0.15) is 11.5 Å². The molecule has 0 aliphatic heterocycles. The van der Waals surface area contributed by atoms with Gasteiger partial charge >= 0.3 is 0 Å². The molecule has 0 spiro atoms. The third kappa shape index (κ3) is 2.03. The van der Waals surface area contributed by atoms with E-state index < -0.39 is 0 Å². The van der Waals surface area contributed by atoms with Crippen LogP contribution >= 0.6 is 27.5 Å². The van der Waals surface area contributed by atoms with Crippen LogP contribution in [0, 0.1) is 0 Å². The molecule has 0 aliphatic carbocycles. The molecule has 1 heterocycles. The van der Waals surface area contributed by atoms with Crippen LogP contribution < -0.4 is 4.74 Å². The van der Waals surface area contributed by atoms with Crippen LogP contribution in [0.15, 0.2) is 39.4 Å². The lowest BCUT2D eigenvalue weighted by atomic mass is 10.1. The predicted molar refractivity (Wildman–Crippen MR) is 63.4 cm³/mol. The van der Waals surface area contributed by atoms with E-state index in [0.717, 1.165) is 15.8 Å². The van der Waals surface area contributed by atoms with E-state index in [1.54, 1.807) is 13.4 Å². The first-order valence-corrected chi connectivity index (χ1v) is 5.46. The van der Waals surface area contributed by atoms with Crippen LogP contribution in [0.3, 0.4) is 0 Å². The molecule has 15 heavy (non-hydrogen) atoms. The van der Waals surface area contributed by atoms with Crippen LogP contribution in [-0.2, 0) is 0 Å². The lowest BCUT2D eigenvalue weighted by Gasteiger charge is -2.07. The van der Waals surface area contributed by atoms with Crippen LogP contribution in [-0.4, -0.2) is 7.11 Å². The molecule has 0 atom stereocenters. The van der Waals surface area contributed by atoms with E-state index in [1.807, 2.05) is 24.3 Å². The molecule has 0 fully saturated rings. The molecule has 0 saturated carbocycles. The highest BCUT2D eigenvalue weighted by molar-refractivity contribution is 9.10. The van der Waals surface area contributed by atoms with Gasteiger partial charge in [-0.15, -0.1) is 0 Å². The maximum atomic E-state index is 6.03. The average Bonchev–Trinajstić information content (AvgIpc) is 2.74. The molecule has 2 aromatic rings. The summed E-state index contributed by atoms with van der Waals surface area (Å²) in [5, 5.41) is 0.562. The molecule has 2 nitrogen and oxygen atoms in total. The number of rotatable bonds is 2. The first-order chi connectivity index (χ1) is 7.22. The van der Waals surface area contributed by atoms with Crippen molar-refractivity contribution in [1.29, 1.82) is 0 Å². The number of hydrogen-bond acceptors (Lipinski definition) is 2. The minimum Gasteiger partial charge on any atom is -0.495 e. The number of halogens is 2. The average molecular weight is 288 g/mol. The summed E-state index contributed by atoms with van der Waals surface area (Å²) in [4.78, 5) is 0. The highest BCUT2D eigenvalue weighted by atomic mass is 79.9. The summed E-state index contributed by atoms with van der Waals surface area (Å²) in [7, 11) is 1.58. The first kappa shape index (κ1) is 10.6. The fourth-order valence-corrected chi connectivity index (χ4v) is 2.06. The number of hydrogen-bond donors (Lipinski definition) is 0. The van der Waals surface area contributed by atoms with Gasteiger partial charge in [0, 0.05) is 10.0 Å². The molecule has 0 amide bonds. The van der Waals surface area contributed by atoms with Gasteiger partial charge in [-0.2, -0.15) is 0 Å². The lowest BCUT2D eigenvalue weighted by molar-refractivity contribution is 0.415. The third-order valence-corrected chi connectivity index (χ3v) is 2.98. The molecule has 4 heteroatoms. The summed E-state index contributed by atoms with van der Waals surface area (Å²) < 4.78 is 11.3. The Balaban J connectivity index is 2.55. The number of methoxy groups -OCH3 is 1. The van der Waals surface area contributed by atoms with Gasteiger partial charge in [-0.1, -0.05) is 11.6 Å². The zero-order chi connectivity index (χ0) is 10.8. The van der Waals surface area contributed by atoms with Crippen LogP contribution in [0.25, 0.3) is 11.3 Å². The predicted octanol–water partition coefficient (Wildman–Crippen LogP) is 4.37. The van der Waals surface area contributed by atoms with Crippen molar-refractivity contribution in [2.24, 2.45) is 0 Å². The molecule has 78 valence electrons. The van der Waals surface area contributed by atoms with Crippen LogP contribution in [0.2, 0.25) is 5.02 Å². The first-order valence-electron chi connectivity index (χ1n) is 4.29. The molecular weight excluding hydrogens is 279 g/mol. The minimum absolute atomic E-state index is 0.562. The van der Waals surface area contributed by atoms with Crippen LogP contribution in [0.4, 0.5) is 0 Å². The summed E-state index contributed by atoms with van der Waals surface area (Å²) in [6.07, 6.45) is 1.62. The van der Waals surface area contributed by atoms with Gasteiger partial charge in [0.25, 0.3) is 0 Å². The summed E-state index contributed by atoms with van der Waals surface area (Å²) in [5.74, 6) is 1.41. The fourth-order valence-electron chi connectivity index (χ4n) is 1.31. The zero-order valence-corrected chi connectivity index (χ0v) is 10.3. The molecule has 0 aliphatic rings. The molecule has 0 bridgehead atoms. The van der Waals surface area contributed by atoms with Crippen molar-refractivity contribution in [2.45, 2.75) is 0 Å². The Hall–Kier alpha value is -0.930. The Labute approximate surface area is 101 Å². The van der Waals surface area contributed by atoms with Crippen molar-refractivity contribution in [2.75, 3.05) is 7.11 Å². The van der Waals surface area contributed by atoms with Crippen molar-refractivity contribution in [3.8, 4) is 17.1 Å². The van der Waals surface area contributed by atoms with Gasteiger partial charge in [0.05, 0.1) is 18.4 Å².